The van der Waals surface area contributed by atoms with E-state index < -0.39 is 5.97 Å². The summed E-state index contributed by atoms with van der Waals surface area (Å²) in [4.78, 5) is 18.8. The van der Waals surface area contributed by atoms with E-state index in [0.717, 1.165) is 17.5 Å². The molecule has 2 aromatic heterocycles. The summed E-state index contributed by atoms with van der Waals surface area (Å²) in [6.07, 6.45) is 1.51. The summed E-state index contributed by atoms with van der Waals surface area (Å²) in [6, 6.07) is 3.09. The maximum absolute atomic E-state index is 10.8. The van der Waals surface area contributed by atoms with E-state index in [4.69, 9.17) is 21.1 Å². The number of nitrogens with zero attached hydrogens (tertiary/aromatic N) is 2. The van der Waals surface area contributed by atoms with Gasteiger partial charge in [-0.15, -0.1) is 0 Å². The van der Waals surface area contributed by atoms with Crippen molar-refractivity contribution in [3.63, 3.8) is 0 Å². The number of halogens is 1. The molecular formula is C10H7ClN2O3S. The number of rotatable bonds is 3. The smallest absolute Gasteiger partial charge is 0.356 e. The molecule has 0 aliphatic carbocycles. The van der Waals surface area contributed by atoms with E-state index in [1.807, 2.05) is 0 Å². The van der Waals surface area contributed by atoms with Crippen LogP contribution in [0.3, 0.4) is 0 Å². The fourth-order valence-corrected chi connectivity index (χ4v) is 2.02. The highest BCUT2D eigenvalue weighted by Crippen LogP contribution is 2.27. The van der Waals surface area contributed by atoms with E-state index in [1.54, 1.807) is 13.0 Å². The molecule has 0 amide bonds. The van der Waals surface area contributed by atoms with Gasteiger partial charge in [0.05, 0.1) is 10.7 Å². The van der Waals surface area contributed by atoms with Crippen LogP contribution in [-0.2, 0) is 0 Å². The zero-order valence-electron chi connectivity index (χ0n) is 8.68. The predicted octanol–water partition coefficient (Wildman–Crippen LogP) is 2.88. The minimum atomic E-state index is -1.17. The van der Waals surface area contributed by atoms with E-state index in [2.05, 4.69) is 9.97 Å². The number of carboxylic acid groups (broad SMARTS) is 1. The average Bonchev–Trinajstić information content (AvgIpc) is 2.66. The fraction of sp³-hybridized carbons (Fsp3) is 0.100. The van der Waals surface area contributed by atoms with Gasteiger partial charge >= 0.3 is 5.97 Å². The minimum Gasteiger partial charge on any atom is -0.476 e. The number of carboxylic acids is 1. The molecule has 2 heterocycles. The first-order valence-corrected chi connectivity index (χ1v) is 5.75. The Bertz CT molecular complexity index is 570. The highest BCUT2D eigenvalue weighted by atomic mass is 35.5. The lowest BCUT2D eigenvalue weighted by atomic mass is 10.3. The van der Waals surface area contributed by atoms with Crippen LogP contribution in [0.5, 0.6) is 0 Å². The van der Waals surface area contributed by atoms with E-state index in [0.29, 0.717) is 10.2 Å². The normalized spacial score (nSPS) is 10.5. The van der Waals surface area contributed by atoms with Crippen LogP contribution < -0.4 is 0 Å². The number of pyridine rings is 1. The molecule has 2 rings (SSSR count). The molecule has 2 aromatic rings. The molecule has 1 N–H and O–H groups in total. The summed E-state index contributed by atoms with van der Waals surface area (Å²) < 4.78 is 5.13. The van der Waals surface area contributed by atoms with Crippen LogP contribution >= 0.6 is 23.4 Å². The van der Waals surface area contributed by atoms with Crippen molar-refractivity contribution < 1.29 is 14.3 Å². The van der Waals surface area contributed by atoms with Crippen LogP contribution in [-0.4, -0.2) is 21.0 Å². The predicted molar refractivity (Wildman–Crippen MR) is 61.6 cm³/mol. The molecule has 0 bridgehead atoms. The molecule has 0 aromatic carbocycles. The summed E-state index contributed by atoms with van der Waals surface area (Å²) in [5, 5.41) is 9.84. The van der Waals surface area contributed by atoms with E-state index in [-0.39, 0.29) is 10.7 Å². The molecule has 0 aliphatic heterocycles. The lowest BCUT2D eigenvalue weighted by molar-refractivity contribution is 0.0690. The Morgan fingerprint density at radius 2 is 2.24 bits per heavy atom. The van der Waals surface area contributed by atoms with Gasteiger partial charge in [-0.05, 0) is 30.8 Å². The van der Waals surface area contributed by atoms with E-state index in [1.165, 1.54) is 12.3 Å². The zero-order valence-corrected chi connectivity index (χ0v) is 10.2. The molecule has 0 aliphatic rings. The Morgan fingerprint density at radius 1 is 1.47 bits per heavy atom. The third-order valence-electron chi connectivity index (χ3n) is 1.81. The number of hydrogen-bond donors (Lipinski definition) is 1. The molecule has 0 spiro atoms. The lowest BCUT2D eigenvalue weighted by Gasteiger charge is -2.00. The third kappa shape index (κ3) is 2.78. The molecule has 0 unspecified atom stereocenters. The maximum Gasteiger partial charge on any atom is 0.356 e. The van der Waals surface area contributed by atoms with Gasteiger partial charge in [-0.2, -0.15) is 0 Å². The molecule has 88 valence electrons. The summed E-state index contributed by atoms with van der Waals surface area (Å²) in [5.41, 5.74) is 0.569. The third-order valence-corrected chi connectivity index (χ3v) is 2.92. The molecular weight excluding hydrogens is 264 g/mol. The second kappa shape index (κ2) is 4.77. The molecule has 5 nitrogen and oxygen atoms in total. The first-order valence-electron chi connectivity index (χ1n) is 4.56. The highest BCUT2D eigenvalue weighted by molar-refractivity contribution is 7.99. The quantitative estimate of drug-likeness (QED) is 0.924. The Hall–Kier alpha value is -1.53. The van der Waals surface area contributed by atoms with Gasteiger partial charge in [0.2, 0.25) is 0 Å². The lowest BCUT2D eigenvalue weighted by Crippen LogP contribution is -2.01. The fourth-order valence-electron chi connectivity index (χ4n) is 1.10. The number of aryl methyl sites for hydroxylation is 1. The summed E-state index contributed by atoms with van der Waals surface area (Å²) in [5.74, 6) is -1.17. The Labute approximate surface area is 106 Å². The topological polar surface area (TPSA) is 76.2 Å². The van der Waals surface area contributed by atoms with Gasteiger partial charge < -0.3 is 9.52 Å². The first kappa shape index (κ1) is 11.9. The first-order chi connectivity index (χ1) is 8.06. The summed E-state index contributed by atoms with van der Waals surface area (Å²) >= 11 is 6.84. The Kier molecular flexibility index (Phi) is 3.35. The van der Waals surface area contributed by atoms with Crippen molar-refractivity contribution in [2.45, 2.75) is 17.2 Å². The van der Waals surface area contributed by atoms with Crippen molar-refractivity contribution in [2.24, 2.45) is 0 Å². The van der Waals surface area contributed by atoms with Crippen LogP contribution in [0.2, 0.25) is 5.02 Å². The van der Waals surface area contributed by atoms with Crippen LogP contribution in [0.1, 0.15) is 16.2 Å². The monoisotopic (exact) mass is 270 g/mol. The van der Waals surface area contributed by atoms with Crippen molar-refractivity contribution in [1.82, 2.24) is 9.97 Å². The van der Waals surface area contributed by atoms with Gasteiger partial charge in [0, 0.05) is 0 Å². The van der Waals surface area contributed by atoms with Gasteiger partial charge in [0.15, 0.2) is 5.69 Å². The van der Waals surface area contributed by atoms with Crippen LogP contribution in [0.4, 0.5) is 0 Å². The van der Waals surface area contributed by atoms with Gasteiger partial charge in [0.1, 0.15) is 11.3 Å². The summed E-state index contributed by atoms with van der Waals surface area (Å²) in [6.45, 7) is 1.80. The van der Waals surface area contributed by atoms with E-state index >= 15 is 0 Å². The number of oxazole rings is 1. The van der Waals surface area contributed by atoms with Crippen LogP contribution in [0, 0.1) is 6.92 Å². The maximum atomic E-state index is 10.8. The summed E-state index contributed by atoms with van der Waals surface area (Å²) in [7, 11) is 0. The SMILES string of the molecule is Cc1coc(Sc2ccc(Cl)c(C(=O)O)n2)n1. The van der Waals surface area contributed by atoms with E-state index in [9.17, 15) is 4.79 Å². The standard InChI is InChI=1S/C10H7ClN2O3S/c1-5-4-16-10(12-5)17-7-3-2-6(11)8(13-7)9(14)15/h2-4H,1H3,(H,14,15). The van der Waals surface area contributed by atoms with Gasteiger partial charge in [-0.25, -0.2) is 14.8 Å². The van der Waals surface area contributed by atoms with Crippen molar-refractivity contribution >= 4 is 29.3 Å². The Morgan fingerprint density at radius 3 is 2.82 bits per heavy atom. The number of aromatic nitrogens is 2. The average molecular weight is 271 g/mol. The number of carbonyl (C=O) groups is 1. The van der Waals surface area contributed by atoms with Crippen LogP contribution in [0.25, 0.3) is 0 Å². The highest BCUT2D eigenvalue weighted by Gasteiger charge is 2.13. The van der Waals surface area contributed by atoms with Gasteiger partial charge in [-0.3, -0.25) is 0 Å². The largest absolute Gasteiger partial charge is 0.476 e. The van der Waals surface area contributed by atoms with Gasteiger partial charge in [-0.1, -0.05) is 11.6 Å². The Balaban J connectivity index is 2.28. The number of hydrogen-bond acceptors (Lipinski definition) is 5. The van der Waals surface area contributed by atoms with Gasteiger partial charge in [0.25, 0.3) is 5.22 Å². The van der Waals surface area contributed by atoms with Crippen molar-refractivity contribution in [2.75, 3.05) is 0 Å². The molecule has 7 heteroatoms. The zero-order chi connectivity index (χ0) is 12.4. The van der Waals surface area contributed by atoms with Crippen molar-refractivity contribution in [3.8, 4) is 0 Å². The molecule has 17 heavy (non-hydrogen) atoms. The number of aromatic carboxylic acids is 1. The minimum absolute atomic E-state index is 0.102. The second-order valence-electron chi connectivity index (χ2n) is 3.14. The molecule has 0 fully saturated rings. The van der Waals surface area contributed by atoms with Crippen molar-refractivity contribution in [3.05, 3.63) is 34.8 Å². The van der Waals surface area contributed by atoms with Crippen molar-refractivity contribution in [1.29, 1.82) is 0 Å². The molecule has 0 saturated carbocycles. The van der Waals surface area contributed by atoms with Crippen LogP contribution in [0.15, 0.2) is 33.1 Å². The molecule has 0 atom stereocenters. The second-order valence-corrected chi connectivity index (χ2v) is 4.52. The molecule has 0 radical (unpaired) electrons. The molecule has 0 saturated heterocycles.